The van der Waals surface area contributed by atoms with Crippen LogP contribution in [0, 0.1) is 11.8 Å². The Bertz CT molecular complexity index is 1260. The van der Waals surface area contributed by atoms with Crippen molar-refractivity contribution in [2.45, 2.75) is 129 Å². The van der Waals surface area contributed by atoms with Crippen LogP contribution in [0.15, 0.2) is 54.6 Å². The van der Waals surface area contributed by atoms with E-state index in [4.69, 9.17) is 32.8 Å². The molecule has 276 valence electrons. The fourth-order valence-corrected chi connectivity index (χ4v) is 7.25. The van der Waals surface area contributed by atoms with Gasteiger partial charge in [-0.15, -0.1) is 0 Å². The number of hydrogen-bond donors (Lipinski definition) is 1. The predicted octanol–water partition coefficient (Wildman–Crippen LogP) is 7.34. The third-order valence-corrected chi connectivity index (χ3v) is 14.5. The van der Waals surface area contributed by atoms with Crippen molar-refractivity contribution in [1.82, 2.24) is 0 Å². The summed E-state index contributed by atoms with van der Waals surface area (Å²) < 4.78 is 42.5. The fraction of sp³-hybridized carbons (Fsp3) is 0.667. The smallest absolute Gasteiger partial charge is 0.192 e. The molecule has 1 heterocycles. The summed E-state index contributed by atoms with van der Waals surface area (Å²) in [6, 6.07) is 17.7. The van der Waals surface area contributed by atoms with E-state index in [2.05, 4.69) is 33.9 Å². The zero-order valence-electron chi connectivity index (χ0n) is 31.7. The Hall–Kier alpha value is -2.15. The lowest BCUT2D eigenvalue weighted by Gasteiger charge is -2.41. The first kappa shape index (κ1) is 41.3. The van der Waals surface area contributed by atoms with Gasteiger partial charge in [-0.2, -0.15) is 0 Å². The Kier molecular flexibility index (Phi) is 15.5. The first-order valence-corrected chi connectivity index (χ1v) is 20.5. The van der Waals surface area contributed by atoms with Crippen LogP contribution in [0.2, 0.25) is 18.1 Å². The molecule has 0 aliphatic carbocycles. The molecule has 0 radical (unpaired) electrons. The third kappa shape index (κ3) is 12.2. The SMILES string of the molecule is COC[C@@H](C[C@@H](OCc1ccc(OC)cc1)[C@H](C)[C@H](O)[C@@H](C)C(=O)[C@@H]1OC(C)(C)O[C@H]1CCOCc1ccccc1)O[Si](C)(C)C(C)(C)C. The number of hydrogen-bond acceptors (Lipinski definition) is 9. The van der Waals surface area contributed by atoms with Gasteiger partial charge in [0.25, 0.3) is 0 Å². The summed E-state index contributed by atoms with van der Waals surface area (Å²) in [6.45, 7) is 20.0. The maximum absolute atomic E-state index is 14.0. The summed E-state index contributed by atoms with van der Waals surface area (Å²) in [6.07, 6.45) is -2.03. The lowest BCUT2D eigenvalue weighted by atomic mass is 9.83. The second-order valence-electron chi connectivity index (χ2n) is 15.4. The molecular weight excluding hydrogens is 641 g/mol. The number of Topliss-reactive ketones (excluding diaryl/α,β-unsaturated/α-hetero) is 1. The number of carbonyl (C=O) groups is 1. The number of ether oxygens (including phenoxy) is 6. The van der Waals surface area contributed by atoms with Gasteiger partial charge in [0.2, 0.25) is 0 Å². The Morgan fingerprint density at radius 1 is 0.959 bits per heavy atom. The monoisotopic (exact) mass is 702 g/mol. The number of aliphatic hydroxyl groups excluding tert-OH is 1. The van der Waals surface area contributed by atoms with Gasteiger partial charge < -0.3 is 38.0 Å². The molecule has 0 bridgehead atoms. The van der Waals surface area contributed by atoms with Crippen molar-refractivity contribution in [1.29, 1.82) is 0 Å². The van der Waals surface area contributed by atoms with Gasteiger partial charge in [-0.3, -0.25) is 4.79 Å². The number of benzene rings is 2. The standard InChI is InChI=1S/C39H62O9Si/c1-27(34(45-25-30-17-19-31(43-9)20-18-30)23-32(26-42-8)48-49(10,11)38(3,4)5)35(40)28(2)36(41)37-33(46-39(6,7)47-37)21-22-44-24-29-15-13-12-14-16-29/h12-20,27-28,32-35,37,40H,21-26H2,1-11H3/t27-,28+,32+,33-,34+,35-,37+/m0/s1. The average Bonchev–Trinajstić information content (AvgIpc) is 3.37. The van der Waals surface area contributed by atoms with Gasteiger partial charge in [0.15, 0.2) is 19.9 Å². The van der Waals surface area contributed by atoms with Crippen molar-refractivity contribution < 1.29 is 42.7 Å². The second-order valence-corrected chi connectivity index (χ2v) is 20.1. The molecule has 0 saturated carbocycles. The molecule has 2 aromatic rings. The van der Waals surface area contributed by atoms with Gasteiger partial charge in [0.1, 0.15) is 11.9 Å². The number of methoxy groups -OCH3 is 2. The Morgan fingerprint density at radius 3 is 2.18 bits per heavy atom. The van der Waals surface area contributed by atoms with Crippen LogP contribution >= 0.6 is 0 Å². The maximum Gasteiger partial charge on any atom is 0.192 e. The molecule has 9 nitrogen and oxygen atoms in total. The average molecular weight is 703 g/mol. The highest BCUT2D eigenvalue weighted by Crippen LogP contribution is 2.39. The molecule has 10 heteroatoms. The first-order valence-electron chi connectivity index (χ1n) is 17.6. The molecule has 1 saturated heterocycles. The van der Waals surface area contributed by atoms with Gasteiger partial charge in [0.05, 0.1) is 51.3 Å². The lowest BCUT2D eigenvalue weighted by molar-refractivity contribution is -0.160. The van der Waals surface area contributed by atoms with Crippen molar-refractivity contribution in [3.05, 3.63) is 65.7 Å². The molecule has 0 spiro atoms. The minimum absolute atomic E-state index is 0.00472. The fourth-order valence-electron chi connectivity index (χ4n) is 5.90. The van der Waals surface area contributed by atoms with Crippen LogP contribution < -0.4 is 4.74 Å². The lowest BCUT2D eigenvalue weighted by Crippen LogP contribution is -2.48. The van der Waals surface area contributed by atoms with E-state index in [1.54, 1.807) is 21.1 Å². The number of carbonyl (C=O) groups excluding carboxylic acids is 1. The predicted molar refractivity (Wildman–Crippen MR) is 194 cm³/mol. The van der Waals surface area contributed by atoms with E-state index >= 15 is 0 Å². The molecule has 2 aromatic carbocycles. The summed E-state index contributed by atoms with van der Waals surface area (Å²) in [5, 5.41) is 11.8. The number of aliphatic hydroxyl groups is 1. The zero-order valence-corrected chi connectivity index (χ0v) is 32.7. The molecule has 1 aliphatic rings. The molecule has 0 unspecified atom stereocenters. The highest BCUT2D eigenvalue weighted by Gasteiger charge is 2.48. The molecule has 1 aliphatic heterocycles. The van der Waals surface area contributed by atoms with Gasteiger partial charge in [-0.25, -0.2) is 0 Å². The maximum atomic E-state index is 14.0. The molecule has 3 rings (SSSR count). The number of ketones is 1. The summed E-state index contributed by atoms with van der Waals surface area (Å²) in [5.74, 6) is -1.51. The summed E-state index contributed by atoms with van der Waals surface area (Å²) in [5.41, 5.74) is 2.05. The van der Waals surface area contributed by atoms with E-state index in [0.717, 1.165) is 16.9 Å². The quantitative estimate of drug-likeness (QED) is 0.112. The van der Waals surface area contributed by atoms with Gasteiger partial charge in [-0.1, -0.05) is 77.1 Å². The van der Waals surface area contributed by atoms with Crippen LogP contribution in [0.5, 0.6) is 5.75 Å². The van der Waals surface area contributed by atoms with Gasteiger partial charge in [-0.05, 0) is 55.2 Å². The zero-order chi connectivity index (χ0) is 36.4. The molecule has 49 heavy (non-hydrogen) atoms. The van der Waals surface area contributed by atoms with E-state index in [9.17, 15) is 9.90 Å². The van der Waals surface area contributed by atoms with E-state index in [1.807, 2.05) is 75.4 Å². The van der Waals surface area contributed by atoms with Gasteiger partial charge >= 0.3 is 0 Å². The first-order chi connectivity index (χ1) is 23.0. The number of rotatable bonds is 20. The molecule has 0 aromatic heterocycles. The van der Waals surface area contributed by atoms with Crippen LogP contribution in [0.4, 0.5) is 0 Å². The Balaban J connectivity index is 1.75. The normalized spacial score (nSPS) is 21.1. The summed E-state index contributed by atoms with van der Waals surface area (Å²) in [7, 11) is 1.15. The van der Waals surface area contributed by atoms with Crippen molar-refractivity contribution in [2.75, 3.05) is 27.4 Å². The van der Waals surface area contributed by atoms with Crippen molar-refractivity contribution in [2.24, 2.45) is 11.8 Å². The van der Waals surface area contributed by atoms with Crippen LogP contribution in [0.1, 0.15) is 72.4 Å². The van der Waals surface area contributed by atoms with Crippen molar-refractivity contribution >= 4 is 14.1 Å². The highest BCUT2D eigenvalue weighted by molar-refractivity contribution is 6.74. The van der Waals surface area contributed by atoms with Crippen LogP contribution in [0.25, 0.3) is 0 Å². The van der Waals surface area contributed by atoms with E-state index in [0.29, 0.717) is 39.3 Å². The topological polar surface area (TPSA) is 102 Å². The van der Waals surface area contributed by atoms with Crippen molar-refractivity contribution in [3.63, 3.8) is 0 Å². The molecular formula is C39H62O9Si. The van der Waals surface area contributed by atoms with Gasteiger partial charge in [0, 0.05) is 38.4 Å². The highest BCUT2D eigenvalue weighted by atomic mass is 28.4. The van der Waals surface area contributed by atoms with Crippen LogP contribution in [0.3, 0.4) is 0 Å². The Labute approximate surface area is 296 Å². The van der Waals surface area contributed by atoms with E-state index in [-0.39, 0.29) is 16.9 Å². The summed E-state index contributed by atoms with van der Waals surface area (Å²) in [4.78, 5) is 14.0. The van der Waals surface area contributed by atoms with E-state index in [1.165, 1.54) is 0 Å². The largest absolute Gasteiger partial charge is 0.497 e. The molecule has 0 amide bonds. The third-order valence-electron chi connectivity index (χ3n) is 9.95. The van der Waals surface area contributed by atoms with Crippen molar-refractivity contribution in [3.8, 4) is 5.75 Å². The van der Waals surface area contributed by atoms with Crippen LogP contribution in [-0.2, 0) is 46.1 Å². The minimum Gasteiger partial charge on any atom is -0.497 e. The molecule has 1 N–H and O–H groups in total. The Morgan fingerprint density at radius 2 is 1.59 bits per heavy atom. The van der Waals surface area contributed by atoms with E-state index < -0.39 is 50.4 Å². The second kappa shape index (κ2) is 18.4. The summed E-state index contributed by atoms with van der Waals surface area (Å²) >= 11 is 0. The van der Waals surface area contributed by atoms with Crippen LogP contribution in [-0.4, -0.2) is 82.9 Å². The molecule has 7 atom stereocenters. The minimum atomic E-state index is -2.15. The molecule has 1 fully saturated rings.